The number of hydrogen-bond acceptors (Lipinski definition) is 6. The summed E-state index contributed by atoms with van der Waals surface area (Å²) in [6.07, 6.45) is 0.431. The van der Waals surface area contributed by atoms with Crippen LogP contribution in [0.25, 0.3) is 0 Å². The Morgan fingerprint density at radius 1 is 1.09 bits per heavy atom. The minimum Gasteiger partial charge on any atom is -0.494 e. The summed E-state index contributed by atoms with van der Waals surface area (Å²) in [6, 6.07) is 13.0. The molecule has 2 aromatic carbocycles. The Balaban J connectivity index is 1.49. The summed E-state index contributed by atoms with van der Waals surface area (Å²) in [5.41, 5.74) is 0.691. The summed E-state index contributed by atoms with van der Waals surface area (Å²) in [6.45, 7) is 5.35. The van der Waals surface area contributed by atoms with Crippen molar-refractivity contribution in [3.63, 3.8) is 0 Å². The molecule has 0 spiro atoms. The third-order valence-corrected chi connectivity index (χ3v) is 5.61. The van der Waals surface area contributed by atoms with Gasteiger partial charge in [-0.2, -0.15) is 0 Å². The smallest absolute Gasteiger partial charge is 0.254 e. The zero-order valence-corrected chi connectivity index (χ0v) is 19.3. The Bertz CT molecular complexity index is 1090. The number of halogens is 1. The maximum atomic E-state index is 13.7. The van der Waals surface area contributed by atoms with Crippen LogP contribution >= 0.6 is 11.8 Å². The van der Waals surface area contributed by atoms with Gasteiger partial charge in [0.1, 0.15) is 17.4 Å². The van der Waals surface area contributed by atoms with E-state index in [9.17, 15) is 14.0 Å². The first-order valence-corrected chi connectivity index (χ1v) is 11.6. The van der Waals surface area contributed by atoms with Crippen molar-refractivity contribution in [3.05, 3.63) is 65.7 Å². The van der Waals surface area contributed by atoms with Gasteiger partial charge in [0.25, 0.3) is 5.91 Å². The van der Waals surface area contributed by atoms with Crippen LogP contribution in [0.15, 0.2) is 53.7 Å². The molecular weight excluding hydrogens is 445 g/mol. The molecule has 0 atom stereocenters. The lowest BCUT2D eigenvalue weighted by molar-refractivity contribution is -0.113. The molecule has 8 nitrogen and oxygen atoms in total. The SMILES string of the molecule is CCOc1ccc(NC(=O)CSc2nnc(CCNC(=O)c3ccccc3F)n2CC)cc1. The van der Waals surface area contributed by atoms with E-state index >= 15 is 0 Å². The van der Waals surface area contributed by atoms with E-state index in [2.05, 4.69) is 20.8 Å². The average Bonchev–Trinajstić information content (AvgIpc) is 3.21. The summed E-state index contributed by atoms with van der Waals surface area (Å²) in [5.74, 6) is 0.410. The summed E-state index contributed by atoms with van der Waals surface area (Å²) in [5, 5.41) is 14.5. The van der Waals surface area contributed by atoms with E-state index < -0.39 is 11.7 Å². The molecule has 3 aromatic rings. The highest BCUT2D eigenvalue weighted by molar-refractivity contribution is 7.99. The number of hydrogen-bond donors (Lipinski definition) is 2. The van der Waals surface area contributed by atoms with Crippen LogP contribution in [0.2, 0.25) is 0 Å². The van der Waals surface area contributed by atoms with Gasteiger partial charge in [-0.05, 0) is 50.2 Å². The molecule has 3 rings (SSSR count). The van der Waals surface area contributed by atoms with Gasteiger partial charge in [0.2, 0.25) is 5.91 Å². The molecule has 0 saturated carbocycles. The average molecular weight is 472 g/mol. The predicted molar refractivity (Wildman–Crippen MR) is 125 cm³/mol. The third kappa shape index (κ3) is 6.79. The van der Waals surface area contributed by atoms with E-state index in [0.717, 1.165) is 5.75 Å². The summed E-state index contributed by atoms with van der Waals surface area (Å²) in [7, 11) is 0. The van der Waals surface area contributed by atoms with E-state index in [1.807, 2.05) is 18.4 Å². The Labute approximate surface area is 195 Å². The largest absolute Gasteiger partial charge is 0.494 e. The van der Waals surface area contributed by atoms with Crippen LogP contribution in [-0.4, -0.2) is 45.5 Å². The summed E-state index contributed by atoms with van der Waals surface area (Å²) < 4.78 is 21.0. The Hall–Kier alpha value is -3.40. The quantitative estimate of drug-likeness (QED) is 0.415. The summed E-state index contributed by atoms with van der Waals surface area (Å²) >= 11 is 1.29. The number of ether oxygens (including phenoxy) is 1. The van der Waals surface area contributed by atoms with Crippen molar-refractivity contribution < 1.29 is 18.7 Å². The van der Waals surface area contributed by atoms with Crippen LogP contribution < -0.4 is 15.4 Å². The normalized spacial score (nSPS) is 10.6. The van der Waals surface area contributed by atoms with Gasteiger partial charge in [-0.3, -0.25) is 9.59 Å². The van der Waals surface area contributed by atoms with E-state index in [0.29, 0.717) is 36.2 Å². The highest BCUT2D eigenvalue weighted by atomic mass is 32.2. The molecule has 2 amide bonds. The number of nitrogens with one attached hydrogen (secondary N) is 2. The van der Waals surface area contributed by atoms with E-state index in [1.165, 1.54) is 30.0 Å². The maximum Gasteiger partial charge on any atom is 0.254 e. The van der Waals surface area contributed by atoms with Gasteiger partial charge in [-0.15, -0.1) is 10.2 Å². The maximum absolute atomic E-state index is 13.7. The molecule has 33 heavy (non-hydrogen) atoms. The molecule has 0 aliphatic carbocycles. The van der Waals surface area contributed by atoms with Crippen molar-refractivity contribution in [2.75, 3.05) is 24.2 Å². The zero-order chi connectivity index (χ0) is 23.6. The van der Waals surface area contributed by atoms with Gasteiger partial charge in [0.15, 0.2) is 5.16 Å². The number of nitrogens with zero attached hydrogens (tertiary/aromatic N) is 3. The van der Waals surface area contributed by atoms with E-state index in [-0.39, 0.29) is 23.8 Å². The molecule has 1 heterocycles. The number of carbonyl (C=O) groups is 2. The fourth-order valence-electron chi connectivity index (χ4n) is 3.09. The van der Waals surface area contributed by atoms with Gasteiger partial charge in [0.05, 0.1) is 17.9 Å². The molecule has 0 radical (unpaired) electrons. The van der Waals surface area contributed by atoms with Crippen LogP contribution in [0.3, 0.4) is 0 Å². The Morgan fingerprint density at radius 2 is 1.85 bits per heavy atom. The molecule has 0 unspecified atom stereocenters. The molecule has 2 N–H and O–H groups in total. The first-order chi connectivity index (χ1) is 16.0. The fraction of sp³-hybridized carbons (Fsp3) is 0.304. The molecule has 0 bridgehead atoms. The van der Waals surface area contributed by atoms with Crippen molar-refractivity contribution in [2.24, 2.45) is 0 Å². The lowest BCUT2D eigenvalue weighted by Crippen LogP contribution is -2.27. The molecule has 10 heteroatoms. The molecular formula is C23H26FN5O3S. The highest BCUT2D eigenvalue weighted by Gasteiger charge is 2.15. The number of amides is 2. The number of thioether (sulfide) groups is 1. The van der Waals surface area contributed by atoms with Crippen molar-refractivity contribution in [1.82, 2.24) is 20.1 Å². The first kappa shape index (κ1) is 24.2. The number of aromatic nitrogens is 3. The molecule has 1 aromatic heterocycles. The van der Waals surface area contributed by atoms with Crippen LogP contribution in [-0.2, 0) is 17.8 Å². The first-order valence-electron chi connectivity index (χ1n) is 10.6. The lowest BCUT2D eigenvalue weighted by atomic mass is 10.2. The number of benzene rings is 2. The van der Waals surface area contributed by atoms with Crippen LogP contribution in [0, 0.1) is 5.82 Å². The number of carbonyl (C=O) groups excluding carboxylic acids is 2. The van der Waals surface area contributed by atoms with Gasteiger partial charge >= 0.3 is 0 Å². The van der Waals surface area contributed by atoms with Gasteiger partial charge in [-0.1, -0.05) is 23.9 Å². The fourth-order valence-corrected chi connectivity index (χ4v) is 3.91. The Kier molecular flexibility index (Phi) is 8.82. The van der Waals surface area contributed by atoms with Crippen molar-refractivity contribution in [1.29, 1.82) is 0 Å². The van der Waals surface area contributed by atoms with Crippen LogP contribution in [0.1, 0.15) is 30.0 Å². The summed E-state index contributed by atoms with van der Waals surface area (Å²) in [4.78, 5) is 24.5. The minimum absolute atomic E-state index is 0.00393. The van der Waals surface area contributed by atoms with Gasteiger partial charge in [-0.25, -0.2) is 4.39 Å². The zero-order valence-electron chi connectivity index (χ0n) is 18.5. The van der Waals surface area contributed by atoms with Gasteiger partial charge in [0, 0.05) is 25.2 Å². The number of anilines is 1. The Morgan fingerprint density at radius 3 is 2.55 bits per heavy atom. The molecule has 0 aliphatic rings. The topological polar surface area (TPSA) is 98.1 Å². The number of rotatable bonds is 11. The second-order valence-electron chi connectivity index (χ2n) is 6.92. The second-order valence-corrected chi connectivity index (χ2v) is 7.87. The van der Waals surface area contributed by atoms with Crippen LogP contribution in [0.4, 0.5) is 10.1 Å². The third-order valence-electron chi connectivity index (χ3n) is 4.64. The lowest BCUT2D eigenvalue weighted by Gasteiger charge is -2.09. The van der Waals surface area contributed by atoms with Crippen molar-refractivity contribution in [3.8, 4) is 5.75 Å². The standard InChI is InChI=1S/C23H26FN5O3S/c1-3-29-20(13-14-25-22(31)18-7-5-6-8-19(18)24)27-28-23(29)33-15-21(30)26-16-9-11-17(12-10-16)32-4-2/h5-12H,3-4,13-15H2,1-2H3,(H,25,31)(H,26,30). The molecule has 174 valence electrons. The van der Waals surface area contributed by atoms with Crippen molar-refractivity contribution in [2.45, 2.75) is 32.0 Å². The van der Waals surface area contributed by atoms with Crippen LogP contribution in [0.5, 0.6) is 5.75 Å². The van der Waals surface area contributed by atoms with E-state index in [1.54, 1.807) is 30.3 Å². The highest BCUT2D eigenvalue weighted by Crippen LogP contribution is 2.19. The van der Waals surface area contributed by atoms with Gasteiger partial charge < -0.3 is 19.9 Å². The van der Waals surface area contributed by atoms with Crippen molar-refractivity contribution >= 4 is 29.3 Å². The molecule has 0 aliphatic heterocycles. The minimum atomic E-state index is -0.561. The predicted octanol–water partition coefficient (Wildman–Crippen LogP) is 3.54. The molecule has 0 fully saturated rings. The monoisotopic (exact) mass is 471 g/mol. The van der Waals surface area contributed by atoms with E-state index in [4.69, 9.17) is 4.74 Å². The molecule has 0 saturated heterocycles. The second kappa shape index (κ2) is 12.0.